The number of hydrogen-bond donors (Lipinski definition) is 0. The summed E-state index contributed by atoms with van der Waals surface area (Å²) in [7, 11) is 3.85. The van der Waals surface area contributed by atoms with Gasteiger partial charge in [-0.1, -0.05) is 43.1 Å². The molecule has 1 amide bonds. The first kappa shape index (κ1) is 25.2. The first-order chi connectivity index (χ1) is 15.5. The highest BCUT2D eigenvalue weighted by Gasteiger charge is 2.53. The molecule has 0 radical (unpaired) electrons. The van der Waals surface area contributed by atoms with E-state index in [0.717, 1.165) is 5.56 Å². The Kier molecular flexibility index (Phi) is 7.83. The molecule has 3 rings (SSSR count). The molecule has 8 heteroatoms. The van der Waals surface area contributed by atoms with Gasteiger partial charge < -0.3 is 9.64 Å². The largest absolute Gasteiger partial charge is 0.490 e. The summed E-state index contributed by atoms with van der Waals surface area (Å²) in [6.07, 6.45) is 0. The van der Waals surface area contributed by atoms with E-state index in [1.54, 1.807) is 50.2 Å². The number of hydrogen-bond acceptors (Lipinski definition) is 5. The molecule has 1 aliphatic rings. The lowest BCUT2D eigenvalue weighted by molar-refractivity contribution is -0.139. The fourth-order valence-electron chi connectivity index (χ4n) is 4.00. The van der Waals surface area contributed by atoms with Crippen molar-refractivity contribution in [1.82, 2.24) is 4.90 Å². The Morgan fingerprint density at radius 1 is 1.09 bits per heavy atom. The zero-order chi connectivity index (χ0) is 24.4. The van der Waals surface area contributed by atoms with Crippen LogP contribution in [-0.4, -0.2) is 49.6 Å². The molecule has 1 fully saturated rings. The number of anilines is 1. The normalized spacial score (nSPS) is 18.5. The van der Waals surface area contributed by atoms with E-state index in [9.17, 15) is 14.4 Å². The van der Waals surface area contributed by atoms with E-state index in [0.29, 0.717) is 40.2 Å². The van der Waals surface area contributed by atoms with Crippen LogP contribution in [-0.2, 0) is 14.4 Å². The monoisotopic (exact) mass is 490 g/mol. The molecule has 1 saturated heterocycles. The van der Waals surface area contributed by atoms with Gasteiger partial charge in [0.15, 0.2) is 0 Å². The van der Waals surface area contributed by atoms with E-state index in [-0.39, 0.29) is 5.78 Å². The predicted molar refractivity (Wildman–Crippen MR) is 130 cm³/mol. The molecule has 0 saturated carbocycles. The minimum Gasteiger partial charge on any atom is -0.490 e. The van der Waals surface area contributed by atoms with Gasteiger partial charge in [-0.05, 0) is 62.5 Å². The van der Waals surface area contributed by atoms with E-state index in [1.165, 1.54) is 4.90 Å². The SMILES string of the molecule is Cc1cc(Cl)ccc1C1C(C(=O)C(C)C)C(=O)C(=O)N1c1cc(Cl)ccc1OCCN(C)C. The van der Waals surface area contributed by atoms with Crippen LogP contribution < -0.4 is 9.64 Å². The Morgan fingerprint density at radius 3 is 2.33 bits per heavy atom. The number of ketones is 2. The van der Waals surface area contributed by atoms with Crippen molar-refractivity contribution in [3.63, 3.8) is 0 Å². The number of amides is 1. The molecule has 2 aromatic rings. The number of likely N-dealkylation sites (N-methyl/N-ethyl adjacent to an activating group) is 1. The second-order valence-electron chi connectivity index (χ2n) is 8.78. The van der Waals surface area contributed by atoms with E-state index in [4.69, 9.17) is 27.9 Å². The van der Waals surface area contributed by atoms with Crippen LogP contribution in [0.2, 0.25) is 10.0 Å². The fourth-order valence-corrected chi connectivity index (χ4v) is 4.40. The zero-order valence-electron chi connectivity index (χ0n) is 19.4. The lowest BCUT2D eigenvalue weighted by Gasteiger charge is -2.30. The number of rotatable bonds is 8. The van der Waals surface area contributed by atoms with Crippen LogP contribution in [0.25, 0.3) is 0 Å². The molecule has 2 atom stereocenters. The molecule has 1 aliphatic heterocycles. The summed E-state index contributed by atoms with van der Waals surface area (Å²) in [4.78, 5) is 43.0. The number of carbonyl (C=O) groups excluding carboxylic acids is 3. The van der Waals surface area contributed by atoms with Crippen LogP contribution in [0, 0.1) is 18.8 Å². The summed E-state index contributed by atoms with van der Waals surface area (Å²) in [6.45, 7) is 6.32. The molecule has 33 heavy (non-hydrogen) atoms. The van der Waals surface area contributed by atoms with Crippen LogP contribution in [0.5, 0.6) is 5.75 Å². The quantitative estimate of drug-likeness (QED) is 0.394. The number of Topliss-reactive ketones (excluding diaryl/α,β-unsaturated/α-hetero) is 2. The molecule has 0 aliphatic carbocycles. The van der Waals surface area contributed by atoms with Crippen molar-refractivity contribution in [3.8, 4) is 5.75 Å². The maximum atomic E-state index is 13.3. The molecule has 6 nitrogen and oxygen atoms in total. The topological polar surface area (TPSA) is 66.9 Å². The van der Waals surface area contributed by atoms with Gasteiger partial charge in [0.1, 0.15) is 24.1 Å². The van der Waals surface area contributed by atoms with Crippen molar-refractivity contribution in [3.05, 3.63) is 57.6 Å². The van der Waals surface area contributed by atoms with Crippen molar-refractivity contribution < 1.29 is 19.1 Å². The first-order valence-electron chi connectivity index (χ1n) is 10.8. The smallest absolute Gasteiger partial charge is 0.295 e. The van der Waals surface area contributed by atoms with E-state index in [2.05, 4.69) is 0 Å². The number of benzene rings is 2. The van der Waals surface area contributed by atoms with Crippen molar-refractivity contribution >= 4 is 46.4 Å². The number of halogens is 2. The first-order valence-corrected chi connectivity index (χ1v) is 11.5. The summed E-state index contributed by atoms with van der Waals surface area (Å²) < 4.78 is 5.96. The second-order valence-corrected chi connectivity index (χ2v) is 9.66. The highest BCUT2D eigenvalue weighted by atomic mass is 35.5. The molecule has 0 N–H and O–H groups in total. The second kappa shape index (κ2) is 10.2. The standard InChI is InChI=1S/C25H28Cl2N2O4/c1-14(2)23(30)21-22(18-8-6-16(26)12-15(18)3)29(25(32)24(21)31)19-13-17(27)7-9-20(19)33-11-10-28(4)5/h6-9,12-14,21-22H,10-11H2,1-5H3. The molecule has 0 aromatic heterocycles. The van der Waals surface area contributed by atoms with Gasteiger partial charge in [0.05, 0.1) is 11.7 Å². The molecule has 2 unspecified atom stereocenters. The summed E-state index contributed by atoms with van der Waals surface area (Å²) in [5.74, 6) is -2.91. The van der Waals surface area contributed by atoms with Crippen LogP contribution in [0.15, 0.2) is 36.4 Å². The minimum absolute atomic E-state index is 0.285. The van der Waals surface area contributed by atoms with Crippen molar-refractivity contribution in [2.75, 3.05) is 32.1 Å². The molecule has 0 bridgehead atoms. The third kappa shape index (κ3) is 5.24. The summed E-state index contributed by atoms with van der Waals surface area (Å²) in [6, 6.07) is 9.32. The third-order valence-corrected chi connectivity index (χ3v) is 6.18. The Morgan fingerprint density at radius 2 is 1.73 bits per heavy atom. The molecule has 0 spiro atoms. The van der Waals surface area contributed by atoms with Gasteiger partial charge >= 0.3 is 0 Å². The van der Waals surface area contributed by atoms with Gasteiger partial charge in [-0.3, -0.25) is 19.3 Å². The maximum absolute atomic E-state index is 13.3. The maximum Gasteiger partial charge on any atom is 0.295 e. The van der Waals surface area contributed by atoms with E-state index < -0.39 is 29.6 Å². The van der Waals surface area contributed by atoms with Gasteiger partial charge in [-0.15, -0.1) is 0 Å². The molecule has 176 valence electrons. The third-order valence-electron chi connectivity index (χ3n) is 5.71. The van der Waals surface area contributed by atoms with Gasteiger partial charge in [-0.2, -0.15) is 0 Å². The summed E-state index contributed by atoms with van der Waals surface area (Å²) in [5.41, 5.74) is 1.81. The number of carbonyl (C=O) groups is 3. The van der Waals surface area contributed by atoms with Crippen LogP contribution in [0.3, 0.4) is 0 Å². The zero-order valence-corrected chi connectivity index (χ0v) is 20.9. The van der Waals surface area contributed by atoms with Crippen molar-refractivity contribution in [1.29, 1.82) is 0 Å². The lowest BCUT2D eigenvalue weighted by atomic mass is 9.83. The number of nitrogens with zero attached hydrogens (tertiary/aromatic N) is 2. The average Bonchev–Trinajstić information content (AvgIpc) is 2.98. The van der Waals surface area contributed by atoms with Gasteiger partial charge in [0.2, 0.25) is 5.78 Å². The Hall–Kier alpha value is -2.41. The van der Waals surface area contributed by atoms with Gasteiger partial charge in [-0.25, -0.2) is 0 Å². The van der Waals surface area contributed by atoms with Crippen LogP contribution >= 0.6 is 23.2 Å². The Labute approximate surface area is 204 Å². The Balaban J connectivity index is 2.18. The molecular formula is C25H28Cl2N2O4. The molecule has 1 heterocycles. The van der Waals surface area contributed by atoms with Crippen LogP contribution in [0.1, 0.15) is 31.0 Å². The van der Waals surface area contributed by atoms with Crippen molar-refractivity contribution in [2.24, 2.45) is 11.8 Å². The van der Waals surface area contributed by atoms with E-state index in [1.807, 2.05) is 25.9 Å². The van der Waals surface area contributed by atoms with Gasteiger partial charge in [0, 0.05) is 22.5 Å². The van der Waals surface area contributed by atoms with Crippen molar-refractivity contribution in [2.45, 2.75) is 26.8 Å². The predicted octanol–water partition coefficient (Wildman–Crippen LogP) is 4.74. The fraction of sp³-hybridized carbons (Fsp3) is 0.400. The number of ether oxygens (including phenoxy) is 1. The average molecular weight is 491 g/mol. The Bertz CT molecular complexity index is 1080. The summed E-state index contributed by atoms with van der Waals surface area (Å²) in [5, 5.41) is 0.913. The minimum atomic E-state index is -1.13. The van der Waals surface area contributed by atoms with E-state index >= 15 is 0 Å². The molecule has 2 aromatic carbocycles. The highest BCUT2D eigenvalue weighted by Crippen LogP contribution is 2.46. The number of aryl methyl sites for hydroxylation is 1. The van der Waals surface area contributed by atoms with Crippen LogP contribution in [0.4, 0.5) is 5.69 Å². The van der Waals surface area contributed by atoms with Gasteiger partial charge in [0.25, 0.3) is 5.91 Å². The summed E-state index contributed by atoms with van der Waals surface area (Å²) >= 11 is 12.4. The highest BCUT2D eigenvalue weighted by molar-refractivity contribution is 6.48. The lowest BCUT2D eigenvalue weighted by Crippen LogP contribution is -2.32. The molecular weight excluding hydrogens is 463 g/mol.